The molecule has 0 rings (SSSR count). The van der Waals surface area contributed by atoms with Crippen molar-refractivity contribution in [1.82, 2.24) is 16.0 Å². The van der Waals surface area contributed by atoms with E-state index >= 15 is 0 Å². The summed E-state index contributed by atoms with van der Waals surface area (Å²) in [5, 5.41) is 33.9. The van der Waals surface area contributed by atoms with Gasteiger partial charge in [0.05, 0.1) is 12.6 Å². The van der Waals surface area contributed by atoms with Crippen LogP contribution in [0.2, 0.25) is 0 Å². The molecule has 13 heteroatoms. The van der Waals surface area contributed by atoms with E-state index in [0.29, 0.717) is 5.75 Å². The van der Waals surface area contributed by atoms with Crippen molar-refractivity contribution >= 4 is 41.4 Å². The van der Waals surface area contributed by atoms with Crippen LogP contribution < -0.4 is 21.7 Å². The number of hydrogen-bond donors (Lipinski definition) is 7. The Labute approximate surface area is 184 Å². The first-order valence-corrected chi connectivity index (χ1v) is 11.0. The third-order valence-corrected chi connectivity index (χ3v) is 4.94. The van der Waals surface area contributed by atoms with Crippen molar-refractivity contribution in [3.63, 3.8) is 0 Å². The van der Waals surface area contributed by atoms with Gasteiger partial charge in [-0.1, -0.05) is 13.8 Å². The number of rotatable bonds is 15. The molecule has 0 aromatic rings. The number of carboxylic acids is 2. The van der Waals surface area contributed by atoms with E-state index in [1.165, 1.54) is 11.8 Å². The van der Waals surface area contributed by atoms with Gasteiger partial charge in [-0.2, -0.15) is 11.8 Å². The summed E-state index contributed by atoms with van der Waals surface area (Å²) in [6, 6.07) is -4.79. The SMILES string of the molecule is CSCCC(NC(=O)C(N)CCC(=O)O)C(=O)NC(C(=O)NC(CO)C(=O)O)C(C)C. The van der Waals surface area contributed by atoms with Crippen LogP contribution in [0.1, 0.15) is 33.1 Å². The second-order valence-corrected chi connectivity index (χ2v) is 8.18. The highest BCUT2D eigenvalue weighted by Crippen LogP contribution is 2.07. The molecule has 0 aliphatic heterocycles. The lowest BCUT2D eigenvalue weighted by atomic mass is 10.0. The highest BCUT2D eigenvalue weighted by atomic mass is 32.2. The van der Waals surface area contributed by atoms with Gasteiger partial charge in [0.15, 0.2) is 0 Å². The summed E-state index contributed by atoms with van der Waals surface area (Å²) in [6.07, 6.45) is 1.63. The van der Waals surface area contributed by atoms with E-state index in [9.17, 15) is 24.0 Å². The summed E-state index contributed by atoms with van der Waals surface area (Å²) < 4.78 is 0. The topological polar surface area (TPSA) is 208 Å². The zero-order chi connectivity index (χ0) is 24.1. The average Bonchev–Trinajstić information content (AvgIpc) is 2.69. The number of carbonyl (C=O) groups excluding carboxylic acids is 3. The number of hydrogen-bond acceptors (Lipinski definition) is 8. The first kappa shape index (κ1) is 28.6. The van der Waals surface area contributed by atoms with E-state index in [0.717, 1.165) is 0 Å². The van der Waals surface area contributed by atoms with E-state index in [2.05, 4.69) is 16.0 Å². The maximum atomic E-state index is 12.8. The van der Waals surface area contributed by atoms with Crippen LogP contribution in [0, 0.1) is 5.92 Å². The van der Waals surface area contributed by atoms with E-state index in [1.54, 1.807) is 20.1 Å². The molecule has 0 aromatic carbocycles. The third-order valence-electron chi connectivity index (χ3n) is 4.29. The van der Waals surface area contributed by atoms with Crippen LogP contribution in [0.15, 0.2) is 0 Å². The van der Waals surface area contributed by atoms with Crippen LogP contribution in [-0.4, -0.2) is 87.8 Å². The van der Waals surface area contributed by atoms with Gasteiger partial charge < -0.3 is 37.0 Å². The molecule has 0 radical (unpaired) electrons. The van der Waals surface area contributed by atoms with Crippen LogP contribution in [0.4, 0.5) is 0 Å². The number of nitrogens with one attached hydrogen (secondary N) is 3. The monoisotopic (exact) mass is 464 g/mol. The number of carboxylic acid groups (broad SMARTS) is 2. The lowest BCUT2D eigenvalue weighted by molar-refractivity contribution is -0.143. The molecular formula is C18H32N4O8S. The maximum absolute atomic E-state index is 12.8. The number of aliphatic carboxylic acids is 2. The maximum Gasteiger partial charge on any atom is 0.328 e. The standard InChI is InChI=1S/C18H32N4O8S/c1-9(2)14(17(28)21-12(8-23)18(29)30)22-16(27)11(6-7-31-3)20-15(26)10(19)4-5-13(24)25/h9-12,14,23H,4-8,19H2,1-3H3,(H,20,26)(H,21,28)(H,22,27)(H,24,25)(H,29,30). The zero-order valence-corrected chi connectivity index (χ0v) is 18.6. The molecular weight excluding hydrogens is 432 g/mol. The van der Waals surface area contributed by atoms with Crippen molar-refractivity contribution < 1.29 is 39.3 Å². The van der Waals surface area contributed by atoms with Crippen LogP contribution >= 0.6 is 11.8 Å². The quantitative estimate of drug-likeness (QED) is 0.143. The second-order valence-electron chi connectivity index (χ2n) is 7.19. The van der Waals surface area contributed by atoms with Crippen molar-refractivity contribution in [3.8, 4) is 0 Å². The van der Waals surface area contributed by atoms with Crippen LogP contribution in [0.25, 0.3) is 0 Å². The fourth-order valence-corrected chi connectivity index (χ4v) is 2.90. The van der Waals surface area contributed by atoms with Crippen molar-refractivity contribution in [1.29, 1.82) is 0 Å². The molecule has 0 saturated heterocycles. The number of carbonyl (C=O) groups is 5. The van der Waals surface area contributed by atoms with Crippen LogP contribution in [0.5, 0.6) is 0 Å². The molecule has 0 bridgehead atoms. The first-order valence-electron chi connectivity index (χ1n) is 9.65. The number of aliphatic hydroxyl groups is 1. The summed E-state index contributed by atoms with van der Waals surface area (Å²) in [4.78, 5) is 59.1. The Morgan fingerprint density at radius 3 is 1.94 bits per heavy atom. The average molecular weight is 465 g/mol. The number of thioether (sulfide) groups is 1. The highest BCUT2D eigenvalue weighted by molar-refractivity contribution is 7.98. The molecule has 4 unspecified atom stereocenters. The molecule has 8 N–H and O–H groups in total. The van der Waals surface area contributed by atoms with Crippen molar-refractivity contribution in [2.45, 2.75) is 57.3 Å². The van der Waals surface area contributed by atoms with Crippen molar-refractivity contribution in [2.24, 2.45) is 11.7 Å². The van der Waals surface area contributed by atoms with Gasteiger partial charge in [-0.05, 0) is 30.8 Å². The van der Waals surface area contributed by atoms with Gasteiger partial charge >= 0.3 is 11.9 Å². The van der Waals surface area contributed by atoms with Gasteiger partial charge in [0.1, 0.15) is 18.1 Å². The van der Waals surface area contributed by atoms with E-state index < -0.39 is 66.4 Å². The minimum absolute atomic E-state index is 0.104. The summed E-state index contributed by atoms with van der Waals surface area (Å²) in [5.74, 6) is -4.60. The van der Waals surface area contributed by atoms with Gasteiger partial charge in [0.2, 0.25) is 17.7 Å². The van der Waals surface area contributed by atoms with Gasteiger partial charge in [-0.3, -0.25) is 19.2 Å². The summed E-state index contributed by atoms with van der Waals surface area (Å²) in [6.45, 7) is 2.45. The van der Waals surface area contributed by atoms with Crippen LogP contribution in [-0.2, 0) is 24.0 Å². The molecule has 0 spiro atoms. The molecule has 0 heterocycles. The Kier molecular flexibility index (Phi) is 13.5. The summed E-state index contributed by atoms with van der Waals surface area (Å²) in [7, 11) is 0. The number of aliphatic hydroxyl groups excluding tert-OH is 1. The Hall–Kier alpha value is -2.38. The first-order chi connectivity index (χ1) is 14.4. The molecule has 0 aliphatic carbocycles. The summed E-state index contributed by atoms with van der Waals surface area (Å²) >= 11 is 1.43. The van der Waals surface area contributed by atoms with Gasteiger partial charge in [-0.15, -0.1) is 0 Å². The molecule has 0 saturated carbocycles. The van der Waals surface area contributed by atoms with Crippen molar-refractivity contribution in [2.75, 3.05) is 18.6 Å². The molecule has 4 atom stereocenters. The third kappa shape index (κ3) is 11.0. The molecule has 3 amide bonds. The van der Waals surface area contributed by atoms with Gasteiger partial charge in [0.25, 0.3) is 0 Å². The van der Waals surface area contributed by atoms with Crippen LogP contribution in [0.3, 0.4) is 0 Å². The summed E-state index contributed by atoms with van der Waals surface area (Å²) in [5.41, 5.74) is 5.68. The molecule has 12 nitrogen and oxygen atoms in total. The Bertz CT molecular complexity index is 646. The Morgan fingerprint density at radius 2 is 1.48 bits per heavy atom. The van der Waals surface area contributed by atoms with Gasteiger partial charge in [0, 0.05) is 6.42 Å². The van der Waals surface area contributed by atoms with E-state index in [1.807, 2.05) is 0 Å². The normalized spacial score (nSPS) is 14.8. The minimum atomic E-state index is -1.52. The lowest BCUT2D eigenvalue weighted by Crippen LogP contribution is -2.58. The second kappa shape index (κ2) is 14.6. The smallest absolute Gasteiger partial charge is 0.328 e. The fraction of sp³-hybridized carbons (Fsp3) is 0.722. The zero-order valence-electron chi connectivity index (χ0n) is 17.8. The highest BCUT2D eigenvalue weighted by Gasteiger charge is 2.31. The molecule has 0 fully saturated rings. The lowest BCUT2D eigenvalue weighted by Gasteiger charge is -2.26. The molecule has 0 aliphatic rings. The molecule has 31 heavy (non-hydrogen) atoms. The minimum Gasteiger partial charge on any atom is -0.481 e. The van der Waals surface area contributed by atoms with Gasteiger partial charge in [-0.25, -0.2) is 4.79 Å². The van der Waals surface area contributed by atoms with E-state index in [-0.39, 0.29) is 19.3 Å². The van der Waals surface area contributed by atoms with E-state index in [4.69, 9.17) is 21.1 Å². The Balaban J connectivity index is 5.26. The predicted octanol–water partition coefficient (Wildman–Crippen LogP) is -1.88. The largest absolute Gasteiger partial charge is 0.481 e. The number of nitrogens with two attached hydrogens (primary N) is 1. The molecule has 178 valence electrons. The Morgan fingerprint density at radius 1 is 0.903 bits per heavy atom. The number of amides is 3. The predicted molar refractivity (Wildman–Crippen MR) is 113 cm³/mol. The fourth-order valence-electron chi connectivity index (χ4n) is 2.43. The van der Waals surface area contributed by atoms with Crippen molar-refractivity contribution in [3.05, 3.63) is 0 Å². The molecule has 0 aromatic heterocycles.